The SMILES string of the molecule is CNc1nc(-c2ncc(Cl)cc2Cl)nc(C(C)(C)C)c1I. The molecule has 0 atom stereocenters. The molecule has 0 aliphatic rings. The minimum absolute atomic E-state index is 0.112. The van der Waals surface area contributed by atoms with E-state index in [0.29, 0.717) is 21.6 Å². The molecule has 0 amide bonds. The fraction of sp³-hybridized carbons (Fsp3) is 0.357. The first kappa shape index (κ1) is 16.7. The van der Waals surface area contributed by atoms with Gasteiger partial charge in [0.25, 0.3) is 0 Å². The normalized spacial score (nSPS) is 11.6. The van der Waals surface area contributed by atoms with Gasteiger partial charge in [0.15, 0.2) is 5.82 Å². The number of nitrogens with one attached hydrogen (secondary N) is 1. The number of aromatic nitrogens is 3. The summed E-state index contributed by atoms with van der Waals surface area (Å²) in [4.78, 5) is 13.4. The molecule has 112 valence electrons. The first-order chi connectivity index (χ1) is 9.74. The third kappa shape index (κ3) is 3.57. The van der Waals surface area contributed by atoms with Gasteiger partial charge in [-0.15, -0.1) is 0 Å². The molecule has 0 spiro atoms. The average molecular weight is 437 g/mol. The molecule has 0 unspecified atom stereocenters. The zero-order valence-electron chi connectivity index (χ0n) is 12.1. The fourth-order valence-corrected chi connectivity index (χ4v) is 3.58. The lowest BCUT2D eigenvalue weighted by molar-refractivity contribution is 0.564. The second kappa shape index (κ2) is 6.22. The summed E-state index contributed by atoms with van der Waals surface area (Å²) in [5.41, 5.74) is 1.36. The molecule has 2 heterocycles. The van der Waals surface area contributed by atoms with Gasteiger partial charge in [-0.25, -0.2) is 15.0 Å². The second-order valence-electron chi connectivity index (χ2n) is 5.54. The van der Waals surface area contributed by atoms with Crippen molar-refractivity contribution in [2.75, 3.05) is 12.4 Å². The summed E-state index contributed by atoms with van der Waals surface area (Å²) in [6, 6.07) is 1.64. The van der Waals surface area contributed by atoms with E-state index in [1.54, 1.807) is 12.3 Å². The van der Waals surface area contributed by atoms with Crippen LogP contribution in [0.5, 0.6) is 0 Å². The van der Waals surface area contributed by atoms with Crippen molar-refractivity contribution in [2.45, 2.75) is 26.2 Å². The van der Waals surface area contributed by atoms with Crippen LogP contribution in [0.1, 0.15) is 26.5 Å². The highest BCUT2D eigenvalue weighted by Crippen LogP contribution is 2.33. The Balaban J connectivity index is 2.70. The van der Waals surface area contributed by atoms with Crippen LogP contribution in [0.3, 0.4) is 0 Å². The Labute approximate surface area is 147 Å². The van der Waals surface area contributed by atoms with Crippen molar-refractivity contribution in [3.63, 3.8) is 0 Å². The third-order valence-electron chi connectivity index (χ3n) is 2.82. The fourth-order valence-electron chi connectivity index (χ4n) is 1.79. The van der Waals surface area contributed by atoms with Gasteiger partial charge in [0, 0.05) is 18.7 Å². The Morgan fingerprint density at radius 2 is 1.86 bits per heavy atom. The average Bonchev–Trinajstić information content (AvgIpc) is 2.38. The van der Waals surface area contributed by atoms with Gasteiger partial charge in [-0.3, -0.25) is 0 Å². The molecular formula is C14H15Cl2IN4. The number of nitrogens with zero attached hydrogens (tertiary/aromatic N) is 3. The lowest BCUT2D eigenvalue weighted by atomic mass is 9.92. The summed E-state index contributed by atoms with van der Waals surface area (Å²) in [5.74, 6) is 1.25. The van der Waals surface area contributed by atoms with Crippen molar-refractivity contribution in [3.8, 4) is 11.5 Å². The Hall–Kier alpha value is -0.660. The van der Waals surface area contributed by atoms with E-state index in [9.17, 15) is 0 Å². The highest BCUT2D eigenvalue weighted by Gasteiger charge is 2.24. The molecule has 7 heteroatoms. The largest absolute Gasteiger partial charge is 0.372 e. The Bertz CT molecular complexity index is 683. The van der Waals surface area contributed by atoms with E-state index >= 15 is 0 Å². The number of rotatable bonds is 2. The standard InChI is InChI=1S/C14H15Cl2IN4/c1-14(2,3)11-9(17)12(18-4)21-13(20-11)10-8(16)5-7(15)6-19-10/h5-6H,1-4H3,(H,18,20,21). The molecular weight excluding hydrogens is 422 g/mol. The summed E-state index contributed by atoms with van der Waals surface area (Å²) in [6.45, 7) is 6.33. The Morgan fingerprint density at radius 3 is 2.38 bits per heavy atom. The first-order valence-electron chi connectivity index (χ1n) is 6.31. The number of hydrogen-bond donors (Lipinski definition) is 1. The van der Waals surface area contributed by atoms with Crippen molar-refractivity contribution >= 4 is 51.6 Å². The molecule has 0 bridgehead atoms. The van der Waals surface area contributed by atoms with Gasteiger partial charge in [-0.05, 0) is 28.7 Å². The molecule has 0 radical (unpaired) electrons. The zero-order chi connectivity index (χ0) is 15.8. The van der Waals surface area contributed by atoms with Crippen LogP contribution in [0.2, 0.25) is 10.0 Å². The summed E-state index contributed by atoms with van der Waals surface area (Å²) >= 11 is 14.4. The molecule has 0 aromatic carbocycles. The van der Waals surface area contributed by atoms with E-state index in [4.69, 9.17) is 23.2 Å². The zero-order valence-corrected chi connectivity index (χ0v) is 15.8. The molecule has 0 aliphatic heterocycles. The van der Waals surface area contributed by atoms with Crippen LogP contribution in [-0.2, 0) is 5.41 Å². The van der Waals surface area contributed by atoms with E-state index in [1.165, 1.54) is 0 Å². The summed E-state index contributed by atoms with van der Waals surface area (Å²) in [7, 11) is 1.83. The van der Waals surface area contributed by atoms with E-state index in [0.717, 1.165) is 15.1 Å². The maximum Gasteiger partial charge on any atom is 0.182 e. The Morgan fingerprint density at radius 1 is 1.19 bits per heavy atom. The lowest BCUT2D eigenvalue weighted by Gasteiger charge is -2.21. The molecule has 1 N–H and O–H groups in total. The van der Waals surface area contributed by atoms with Gasteiger partial charge in [-0.1, -0.05) is 44.0 Å². The van der Waals surface area contributed by atoms with Gasteiger partial charge in [0.1, 0.15) is 11.5 Å². The minimum Gasteiger partial charge on any atom is -0.372 e. The van der Waals surface area contributed by atoms with Crippen LogP contribution in [0.25, 0.3) is 11.5 Å². The van der Waals surface area contributed by atoms with Gasteiger partial charge >= 0.3 is 0 Å². The second-order valence-corrected chi connectivity index (χ2v) is 7.46. The van der Waals surface area contributed by atoms with E-state index in [-0.39, 0.29) is 5.41 Å². The van der Waals surface area contributed by atoms with Gasteiger partial charge in [-0.2, -0.15) is 0 Å². The summed E-state index contributed by atoms with van der Waals surface area (Å²) in [5, 5.41) is 4.01. The maximum atomic E-state index is 6.22. The van der Waals surface area contributed by atoms with E-state index in [2.05, 4.69) is 63.6 Å². The molecule has 2 rings (SSSR count). The number of pyridine rings is 1. The molecule has 21 heavy (non-hydrogen) atoms. The van der Waals surface area contributed by atoms with Crippen molar-refractivity contribution in [3.05, 3.63) is 31.6 Å². The van der Waals surface area contributed by atoms with Crippen molar-refractivity contribution in [1.82, 2.24) is 15.0 Å². The van der Waals surface area contributed by atoms with Crippen LogP contribution < -0.4 is 5.32 Å². The van der Waals surface area contributed by atoms with Crippen LogP contribution in [-0.4, -0.2) is 22.0 Å². The maximum absolute atomic E-state index is 6.22. The van der Waals surface area contributed by atoms with Crippen LogP contribution in [0, 0.1) is 3.57 Å². The summed E-state index contributed by atoms with van der Waals surface area (Å²) < 4.78 is 0.997. The van der Waals surface area contributed by atoms with Crippen LogP contribution in [0.15, 0.2) is 12.3 Å². The van der Waals surface area contributed by atoms with Gasteiger partial charge in [0.2, 0.25) is 0 Å². The third-order valence-corrected chi connectivity index (χ3v) is 4.33. The predicted octanol–water partition coefficient (Wildman–Crippen LogP) is 4.79. The van der Waals surface area contributed by atoms with Crippen molar-refractivity contribution in [2.24, 2.45) is 0 Å². The van der Waals surface area contributed by atoms with Crippen molar-refractivity contribution < 1.29 is 0 Å². The summed E-state index contributed by atoms with van der Waals surface area (Å²) in [6.07, 6.45) is 1.54. The van der Waals surface area contributed by atoms with Crippen LogP contribution >= 0.6 is 45.8 Å². The van der Waals surface area contributed by atoms with Gasteiger partial charge in [0.05, 0.1) is 19.3 Å². The molecule has 2 aromatic heterocycles. The topological polar surface area (TPSA) is 50.7 Å². The minimum atomic E-state index is -0.112. The smallest absolute Gasteiger partial charge is 0.182 e. The number of anilines is 1. The highest BCUT2D eigenvalue weighted by atomic mass is 127. The molecule has 4 nitrogen and oxygen atoms in total. The lowest BCUT2D eigenvalue weighted by Crippen LogP contribution is -2.18. The molecule has 0 saturated heterocycles. The number of hydrogen-bond acceptors (Lipinski definition) is 4. The molecule has 0 fully saturated rings. The van der Waals surface area contributed by atoms with Crippen molar-refractivity contribution in [1.29, 1.82) is 0 Å². The monoisotopic (exact) mass is 436 g/mol. The molecule has 2 aromatic rings. The Kier molecular flexibility index (Phi) is 4.95. The predicted molar refractivity (Wildman–Crippen MR) is 96.2 cm³/mol. The van der Waals surface area contributed by atoms with E-state index < -0.39 is 0 Å². The number of halogens is 3. The van der Waals surface area contributed by atoms with Crippen LogP contribution in [0.4, 0.5) is 5.82 Å². The highest BCUT2D eigenvalue weighted by molar-refractivity contribution is 14.1. The van der Waals surface area contributed by atoms with E-state index in [1.807, 2.05) is 7.05 Å². The first-order valence-corrected chi connectivity index (χ1v) is 8.14. The quantitative estimate of drug-likeness (QED) is 0.687. The van der Waals surface area contributed by atoms with Gasteiger partial charge < -0.3 is 5.32 Å². The molecule has 0 aliphatic carbocycles. The molecule has 0 saturated carbocycles.